The molecule has 0 N–H and O–H groups in total. The van der Waals surface area contributed by atoms with E-state index in [4.69, 9.17) is 4.74 Å². The van der Waals surface area contributed by atoms with Crippen molar-refractivity contribution in [1.82, 2.24) is 9.21 Å². The number of carbonyl (C=O) groups is 1. The molecule has 1 atom stereocenters. The highest BCUT2D eigenvalue weighted by Crippen LogP contribution is 2.37. The SMILES string of the molecule is O=C(C1CCCN1S(=O)(=O)c1ccccc1C(F)(F)F)N1CCOCC1. The van der Waals surface area contributed by atoms with Gasteiger partial charge in [-0.25, -0.2) is 8.42 Å². The number of nitrogens with zero attached hydrogens (tertiary/aromatic N) is 2. The molecule has 0 aromatic heterocycles. The average Bonchev–Trinajstić information content (AvgIpc) is 3.12. The summed E-state index contributed by atoms with van der Waals surface area (Å²) in [4.78, 5) is 13.4. The summed E-state index contributed by atoms with van der Waals surface area (Å²) < 4.78 is 71.7. The molecule has 0 spiro atoms. The zero-order valence-electron chi connectivity index (χ0n) is 13.9. The predicted molar refractivity (Wildman–Crippen MR) is 85.8 cm³/mol. The lowest BCUT2D eigenvalue weighted by Crippen LogP contribution is -2.51. The number of benzene rings is 1. The fourth-order valence-corrected chi connectivity index (χ4v) is 5.19. The molecule has 1 aromatic carbocycles. The van der Waals surface area contributed by atoms with Crippen LogP contribution in [0.5, 0.6) is 0 Å². The number of hydrogen-bond acceptors (Lipinski definition) is 4. The minimum absolute atomic E-state index is 0.0231. The van der Waals surface area contributed by atoms with Gasteiger partial charge in [0, 0.05) is 19.6 Å². The summed E-state index contributed by atoms with van der Waals surface area (Å²) in [5.74, 6) is -0.376. The molecule has 2 heterocycles. The highest BCUT2D eigenvalue weighted by Gasteiger charge is 2.45. The van der Waals surface area contributed by atoms with E-state index in [0.29, 0.717) is 39.1 Å². The molecular formula is C16H19F3N2O4S. The van der Waals surface area contributed by atoms with E-state index in [1.54, 1.807) is 0 Å². The van der Waals surface area contributed by atoms with Gasteiger partial charge in [-0.3, -0.25) is 4.79 Å². The number of rotatable bonds is 3. The summed E-state index contributed by atoms with van der Waals surface area (Å²) in [5.41, 5.74) is -1.22. The first-order valence-corrected chi connectivity index (χ1v) is 9.71. The summed E-state index contributed by atoms with van der Waals surface area (Å²) in [6, 6.07) is 3.09. The molecule has 10 heteroatoms. The van der Waals surface area contributed by atoms with Crippen molar-refractivity contribution < 1.29 is 31.1 Å². The molecule has 2 saturated heterocycles. The Hall–Kier alpha value is -1.65. The zero-order valence-corrected chi connectivity index (χ0v) is 14.7. The Morgan fingerprint density at radius 1 is 1.12 bits per heavy atom. The third-order valence-corrected chi connectivity index (χ3v) is 6.56. The number of halogens is 3. The van der Waals surface area contributed by atoms with E-state index >= 15 is 0 Å². The Balaban J connectivity index is 1.93. The average molecular weight is 392 g/mol. The van der Waals surface area contributed by atoms with Crippen LogP contribution in [0.15, 0.2) is 29.2 Å². The number of sulfonamides is 1. The van der Waals surface area contributed by atoms with Gasteiger partial charge in [0.1, 0.15) is 6.04 Å². The molecule has 2 fully saturated rings. The van der Waals surface area contributed by atoms with Gasteiger partial charge in [-0.1, -0.05) is 12.1 Å². The topological polar surface area (TPSA) is 66.9 Å². The predicted octanol–water partition coefficient (Wildman–Crippen LogP) is 1.72. The quantitative estimate of drug-likeness (QED) is 0.786. The number of alkyl halides is 3. The summed E-state index contributed by atoms with van der Waals surface area (Å²) in [6.07, 6.45) is -4.08. The first kappa shape index (κ1) is 19.1. The second-order valence-electron chi connectivity index (χ2n) is 6.21. The molecule has 26 heavy (non-hydrogen) atoms. The minimum Gasteiger partial charge on any atom is -0.378 e. The van der Waals surface area contributed by atoms with E-state index in [1.165, 1.54) is 11.0 Å². The largest absolute Gasteiger partial charge is 0.417 e. The molecule has 1 aromatic rings. The lowest BCUT2D eigenvalue weighted by atomic mass is 10.2. The Morgan fingerprint density at radius 3 is 2.42 bits per heavy atom. The summed E-state index contributed by atoms with van der Waals surface area (Å²) in [7, 11) is -4.45. The normalized spacial score (nSPS) is 22.6. The van der Waals surface area contributed by atoms with Gasteiger partial charge in [-0.2, -0.15) is 17.5 Å². The van der Waals surface area contributed by atoms with E-state index in [1.807, 2.05) is 0 Å². The summed E-state index contributed by atoms with van der Waals surface area (Å²) in [5, 5.41) is 0. The van der Waals surface area contributed by atoms with Crippen LogP contribution in [0.3, 0.4) is 0 Å². The molecular weight excluding hydrogens is 373 g/mol. The van der Waals surface area contributed by atoms with Crippen LogP contribution in [0.1, 0.15) is 18.4 Å². The minimum atomic E-state index is -4.80. The lowest BCUT2D eigenvalue weighted by Gasteiger charge is -2.32. The Labute approximate surface area is 149 Å². The van der Waals surface area contributed by atoms with Gasteiger partial charge in [-0.15, -0.1) is 0 Å². The highest BCUT2D eigenvalue weighted by molar-refractivity contribution is 7.89. The third kappa shape index (κ3) is 3.58. The van der Waals surface area contributed by atoms with E-state index in [2.05, 4.69) is 0 Å². The van der Waals surface area contributed by atoms with Gasteiger partial charge < -0.3 is 9.64 Å². The monoisotopic (exact) mass is 392 g/mol. The maximum absolute atomic E-state index is 13.2. The first-order valence-electron chi connectivity index (χ1n) is 8.27. The van der Waals surface area contributed by atoms with Gasteiger partial charge >= 0.3 is 6.18 Å². The van der Waals surface area contributed by atoms with Crippen LogP contribution in [-0.4, -0.2) is 62.4 Å². The van der Waals surface area contributed by atoms with E-state index < -0.39 is 32.7 Å². The molecule has 6 nitrogen and oxygen atoms in total. The first-order chi connectivity index (χ1) is 12.2. The maximum atomic E-state index is 13.2. The smallest absolute Gasteiger partial charge is 0.378 e. The van der Waals surface area contributed by atoms with Crippen molar-refractivity contribution in [3.63, 3.8) is 0 Å². The van der Waals surface area contributed by atoms with Crippen LogP contribution in [0, 0.1) is 0 Å². The fraction of sp³-hybridized carbons (Fsp3) is 0.562. The van der Waals surface area contributed by atoms with Crippen LogP contribution in [0.2, 0.25) is 0 Å². The number of morpholine rings is 1. The zero-order chi connectivity index (χ0) is 18.9. The van der Waals surface area contributed by atoms with Crippen LogP contribution < -0.4 is 0 Å². The molecule has 2 aliphatic rings. The van der Waals surface area contributed by atoms with Gasteiger partial charge in [0.2, 0.25) is 15.9 Å². The van der Waals surface area contributed by atoms with Crippen molar-refractivity contribution in [3.8, 4) is 0 Å². The highest BCUT2D eigenvalue weighted by atomic mass is 32.2. The van der Waals surface area contributed by atoms with E-state index in [9.17, 15) is 26.4 Å². The Morgan fingerprint density at radius 2 is 1.77 bits per heavy atom. The number of ether oxygens (including phenoxy) is 1. The van der Waals surface area contributed by atoms with Crippen LogP contribution in [-0.2, 0) is 25.7 Å². The van der Waals surface area contributed by atoms with E-state index in [0.717, 1.165) is 22.5 Å². The maximum Gasteiger partial charge on any atom is 0.417 e. The molecule has 144 valence electrons. The number of hydrogen-bond donors (Lipinski definition) is 0. The van der Waals surface area contributed by atoms with Crippen molar-refractivity contribution in [1.29, 1.82) is 0 Å². The van der Waals surface area contributed by atoms with Gasteiger partial charge in [0.25, 0.3) is 0 Å². The molecule has 0 aliphatic carbocycles. The summed E-state index contributed by atoms with van der Waals surface area (Å²) in [6.45, 7) is 1.45. The van der Waals surface area contributed by atoms with Crippen LogP contribution >= 0.6 is 0 Å². The third-order valence-electron chi connectivity index (χ3n) is 4.59. The van der Waals surface area contributed by atoms with Gasteiger partial charge in [-0.05, 0) is 25.0 Å². The molecule has 1 amide bonds. The molecule has 2 aliphatic heterocycles. The fourth-order valence-electron chi connectivity index (χ4n) is 3.32. The van der Waals surface area contributed by atoms with Gasteiger partial charge in [0.05, 0.1) is 23.7 Å². The van der Waals surface area contributed by atoms with Crippen molar-refractivity contribution >= 4 is 15.9 Å². The molecule has 1 unspecified atom stereocenters. The second kappa shape index (κ2) is 7.16. The Kier molecular flexibility index (Phi) is 5.27. The molecule has 3 rings (SSSR count). The van der Waals surface area contributed by atoms with Crippen molar-refractivity contribution in [2.45, 2.75) is 30.0 Å². The Bertz CT molecular complexity index is 776. The van der Waals surface area contributed by atoms with Crippen LogP contribution in [0.4, 0.5) is 13.2 Å². The lowest BCUT2D eigenvalue weighted by molar-refractivity contribution is -0.139. The second-order valence-corrected chi connectivity index (χ2v) is 8.06. The standard InChI is InChI=1S/C16H19F3N2O4S/c17-16(18,19)12-4-1-2-6-14(12)26(23,24)21-7-3-5-13(21)15(22)20-8-10-25-11-9-20/h1-2,4,6,13H,3,5,7-11H2. The van der Waals surface area contributed by atoms with Crippen molar-refractivity contribution in [2.75, 3.05) is 32.8 Å². The van der Waals surface area contributed by atoms with Crippen molar-refractivity contribution in [3.05, 3.63) is 29.8 Å². The molecule has 0 radical (unpaired) electrons. The van der Waals surface area contributed by atoms with Crippen LogP contribution in [0.25, 0.3) is 0 Å². The number of amides is 1. The van der Waals surface area contributed by atoms with E-state index in [-0.39, 0.29) is 12.5 Å². The molecule has 0 bridgehead atoms. The van der Waals surface area contributed by atoms with Crippen molar-refractivity contribution in [2.24, 2.45) is 0 Å². The van der Waals surface area contributed by atoms with Gasteiger partial charge in [0.15, 0.2) is 0 Å². The molecule has 0 saturated carbocycles. The number of carbonyl (C=O) groups excluding carboxylic acids is 1. The summed E-state index contributed by atoms with van der Waals surface area (Å²) >= 11 is 0.